The SMILES string of the molecule is C[C@@H](Br)C(C)(C)F. The van der Waals surface area contributed by atoms with Crippen molar-refractivity contribution in [2.75, 3.05) is 0 Å². The van der Waals surface area contributed by atoms with Gasteiger partial charge in [-0.25, -0.2) is 4.39 Å². The molecule has 0 bridgehead atoms. The molecule has 0 amide bonds. The van der Waals surface area contributed by atoms with Gasteiger partial charge in [0.05, 0.1) is 0 Å². The molecule has 0 nitrogen and oxygen atoms in total. The zero-order valence-corrected chi connectivity index (χ0v) is 6.42. The quantitative estimate of drug-likeness (QED) is 0.529. The Kier molecular flexibility index (Phi) is 2.24. The molecule has 0 unspecified atom stereocenters. The minimum Gasteiger partial charge on any atom is -0.243 e. The standard InChI is InChI=1S/C5H10BrF/c1-4(6)5(2,3)7/h4H,1-3H3/t4-/m1/s1. The molecule has 0 radical (unpaired) electrons. The normalized spacial score (nSPS) is 16.7. The average Bonchev–Trinajstić information content (AvgIpc) is 1.31. The summed E-state index contributed by atoms with van der Waals surface area (Å²) in [5, 5.41) is 0. The lowest BCUT2D eigenvalue weighted by Gasteiger charge is -2.15. The van der Waals surface area contributed by atoms with Crippen LogP contribution in [0.4, 0.5) is 4.39 Å². The zero-order chi connectivity index (χ0) is 6.08. The van der Waals surface area contributed by atoms with Gasteiger partial charge in [-0.15, -0.1) is 0 Å². The smallest absolute Gasteiger partial charge is 0.117 e. The van der Waals surface area contributed by atoms with Crippen LogP contribution in [-0.2, 0) is 0 Å². The van der Waals surface area contributed by atoms with Crippen molar-refractivity contribution < 1.29 is 4.39 Å². The van der Waals surface area contributed by atoms with E-state index >= 15 is 0 Å². The molecule has 0 saturated carbocycles. The fraction of sp³-hybridized carbons (Fsp3) is 1.00. The third-order valence-electron chi connectivity index (χ3n) is 0.946. The largest absolute Gasteiger partial charge is 0.243 e. The summed E-state index contributed by atoms with van der Waals surface area (Å²) in [5.74, 6) is 0. The third-order valence-corrected chi connectivity index (χ3v) is 2.03. The van der Waals surface area contributed by atoms with Gasteiger partial charge in [0.2, 0.25) is 0 Å². The Labute approximate surface area is 52.2 Å². The summed E-state index contributed by atoms with van der Waals surface area (Å²) in [5.41, 5.74) is -1.08. The van der Waals surface area contributed by atoms with E-state index in [1.54, 1.807) is 20.8 Å². The van der Waals surface area contributed by atoms with E-state index in [2.05, 4.69) is 15.9 Å². The molecule has 0 aliphatic heterocycles. The summed E-state index contributed by atoms with van der Waals surface area (Å²) in [6.45, 7) is 4.89. The molecule has 7 heavy (non-hydrogen) atoms. The van der Waals surface area contributed by atoms with Crippen LogP contribution in [0.1, 0.15) is 20.8 Å². The van der Waals surface area contributed by atoms with Gasteiger partial charge in [0.25, 0.3) is 0 Å². The van der Waals surface area contributed by atoms with Gasteiger partial charge in [0.15, 0.2) is 0 Å². The Balaban J connectivity index is 3.54. The second kappa shape index (κ2) is 2.12. The van der Waals surface area contributed by atoms with Gasteiger partial charge < -0.3 is 0 Å². The molecule has 0 rings (SSSR count). The van der Waals surface area contributed by atoms with Gasteiger partial charge in [-0.3, -0.25) is 0 Å². The molecule has 0 heterocycles. The molecule has 44 valence electrons. The highest BCUT2D eigenvalue weighted by Crippen LogP contribution is 2.20. The van der Waals surface area contributed by atoms with E-state index in [4.69, 9.17) is 0 Å². The maximum absolute atomic E-state index is 12.5. The van der Waals surface area contributed by atoms with Gasteiger partial charge in [0, 0.05) is 4.83 Å². The number of rotatable bonds is 1. The molecule has 0 spiro atoms. The van der Waals surface area contributed by atoms with Crippen molar-refractivity contribution in [1.29, 1.82) is 0 Å². The topological polar surface area (TPSA) is 0 Å². The monoisotopic (exact) mass is 168 g/mol. The summed E-state index contributed by atoms with van der Waals surface area (Å²) in [7, 11) is 0. The van der Waals surface area contributed by atoms with Crippen LogP contribution in [0.2, 0.25) is 0 Å². The van der Waals surface area contributed by atoms with E-state index in [9.17, 15) is 4.39 Å². The molecule has 0 aromatic rings. The van der Waals surface area contributed by atoms with Gasteiger partial charge in [-0.05, 0) is 20.8 Å². The van der Waals surface area contributed by atoms with E-state index < -0.39 is 5.67 Å². The molecule has 1 atom stereocenters. The highest BCUT2D eigenvalue weighted by Gasteiger charge is 2.21. The molecule has 2 heteroatoms. The first-order valence-corrected chi connectivity index (χ1v) is 3.19. The van der Waals surface area contributed by atoms with Crippen LogP contribution in [0.25, 0.3) is 0 Å². The first kappa shape index (κ1) is 7.41. The van der Waals surface area contributed by atoms with Crippen LogP contribution in [0.5, 0.6) is 0 Å². The van der Waals surface area contributed by atoms with Crippen LogP contribution >= 0.6 is 15.9 Å². The molecule has 0 saturated heterocycles. The van der Waals surface area contributed by atoms with Crippen LogP contribution < -0.4 is 0 Å². The molecule has 0 aromatic carbocycles. The predicted octanol–water partition coefficient (Wildman–Crippen LogP) is 2.52. The second-order valence-corrected chi connectivity index (χ2v) is 3.55. The van der Waals surface area contributed by atoms with E-state index in [1.165, 1.54) is 0 Å². The number of hydrogen-bond acceptors (Lipinski definition) is 0. The Morgan fingerprint density at radius 2 is 1.71 bits per heavy atom. The lowest BCUT2D eigenvalue weighted by Crippen LogP contribution is -2.22. The molecular weight excluding hydrogens is 159 g/mol. The highest BCUT2D eigenvalue weighted by molar-refractivity contribution is 9.09. The summed E-state index contributed by atoms with van der Waals surface area (Å²) < 4.78 is 12.5. The first-order valence-electron chi connectivity index (χ1n) is 2.27. The lowest BCUT2D eigenvalue weighted by atomic mass is 10.1. The first-order chi connectivity index (χ1) is 2.94. The molecular formula is C5H10BrF. The van der Waals surface area contributed by atoms with E-state index in [-0.39, 0.29) is 4.83 Å². The van der Waals surface area contributed by atoms with Crippen molar-refractivity contribution >= 4 is 15.9 Å². The molecule has 0 aliphatic carbocycles. The van der Waals surface area contributed by atoms with Crippen LogP contribution in [-0.4, -0.2) is 10.5 Å². The maximum Gasteiger partial charge on any atom is 0.117 e. The Hall–Kier alpha value is 0.410. The van der Waals surface area contributed by atoms with Crippen molar-refractivity contribution in [3.63, 3.8) is 0 Å². The Morgan fingerprint density at radius 3 is 1.71 bits per heavy atom. The third kappa shape index (κ3) is 3.03. The molecule has 0 N–H and O–H groups in total. The fourth-order valence-corrected chi connectivity index (χ4v) is 0. The van der Waals surface area contributed by atoms with Gasteiger partial charge >= 0.3 is 0 Å². The highest BCUT2D eigenvalue weighted by atomic mass is 79.9. The van der Waals surface area contributed by atoms with E-state index in [0.717, 1.165) is 0 Å². The molecule has 0 aliphatic rings. The Morgan fingerprint density at radius 1 is 1.57 bits per heavy atom. The maximum atomic E-state index is 12.5. The van der Waals surface area contributed by atoms with Gasteiger partial charge in [-0.1, -0.05) is 15.9 Å². The average molecular weight is 169 g/mol. The predicted molar refractivity (Wildman–Crippen MR) is 33.6 cm³/mol. The fourth-order valence-electron chi connectivity index (χ4n) is 0. The minimum atomic E-state index is -1.08. The van der Waals surface area contributed by atoms with Gasteiger partial charge in [0.1, 0.15) is 5.67 Å². The second-order valence-electron chi connectivity index (χ2n) is 2.18. The van der Waals surface area contributed by atoms with E-state index in [1.807, 2.05) is 0 Å². The Bertz CT molecular complexity index is 53.6. The van der Waals surface area contributed by atoms with E-state index in [0.29, 0.717) is 0 Å². The summed E-state index contributed by atoms with van der Waals surface area (Å²) in [6, 6.07) is 0. The minimum absolute atomic E-state index is 0.0556. The van der Waals surface area contributed by atoms with Crippen molar-refractivity contribution in [2.24, 2.45) is 0 Å². The van der Waals surface area contributed by atoms with Crippen LogP contribution in [0.3, 0.4) is 0 Å². The van der Waals surface area contributed by atoms with Crippen LogP contribution in [0.15, 0.2) is 0 Å². The van der Waals surface area contributed by atoms with Crippen molar-refractivity contribution in [2.45, 2.75) is 31.3 Å². The van der Waals surface area contributed by atoms with Crippen molar-refractivity contribution in [3.8, 4) is 0 Å². The summed E-state index contributed by atoms with van der Waals surface area (Å²) >= 11 is 3.12. The number of alkyl halides is 2. The summed E-state index contributed by atoms with van der Waals surface area (Å²) in [4.78, 5) is -0.0556. The zero-order valence-electron chi connectivity index (χ0n) is 4.83. The molecule has 0 aromatic heterocycles. The lowest BCUT2D eigenvalue weighted by molar-refractivity contribution is 0.221. The van der Waals surface area contributed by atoms with Gasteiger partial charge in [-0.2, -0.15) is 0 Å². The molecule has 0 fully saturated rings. The van der Waals surface area contributed by atoms with Crippen molar-refractivity contribution in [1.82, 2.24) is 0 Å². The summed E-state index contributed by atoms with van der Waals surface area (Å²) in [6.07, 6.45) is 0. The number of halogens is 2. The van der Waals surface area contributed by atoms with Crippen LogP contribution in [0, 0.1) is 0 Å². The number of hydrogen-bond donors (Lipinski definition) is 0. The van der Waals surface area contributed by atoms with Crippen molar-refractivity contribution in [3.05, 3.63) is 0 Å².